The molecule has 2 nitrogen and oxygen atoms in total. The Hall–Kier alpha value is -0.540. The van der Waals surface area contributed by atoms with Crippen LogP contribution in [-0.2, 0) is 10.1 Å². The van der Waals surface area contributed by atoms with Crippen molar-refractivity contribution in [3.8, 4) is 0 Å². The van der Waals surface area contributed by atoms with Crippen LogP contribution in [0.4, 0.5) is 5.69 Å². The highest BCUT2D eigenvalue weighted by Gasteiger charge is 2.20. The van der Waals surface area contributed by atoms with E-state index in [1.165, 1.54) is 29.7 Å². The number of benzene rings is 1. The highest BCUT2D eigenvalue weighted by atomic mass is 79.9. The largest absolute Gasteiger partial charge is 0.384 e. The quantitative estimate of drug-likeness (QED) is 0.785. The Kier molecular flexibility index (Phi) is 5.07. The van der Waals surface area contributed by atoms with Crippen molar-refractivity contribution in [2.24, 2.45) is 5.92 Å². The van der Waals surface area contributed by atoms with E-state index in [1.54, 1.807) is 7.11 Å². The maximum absolute atomic E-state index is 5.26. The number of methoxy groups -OCH3 is 1. The maximum atomic E-state index is 5.26. The molecule has 1 heterocycles. The molecule has 0 radical (unpaired) electrons. The van der Waals surface area contributed by atoms with Crippen LogP contribution in [0.2, 0.25) is 0 Å². The van der Waals surface area contributed by atoms with Crippen LogP contribution in [0.3, 0.4) is 0 Å². The summed E-state index contributed by atoms with van der Waals surface area (Å²) in [5.41, 5.74) is 4.14. The van der Waals surface area contributed by atoms with Crippen LogP contribution in [0.25, 0.3) is 0 Å². The number of hydrogen-bond acceptors (Lipinski definition) is 2. The zero-order chi connectivity index (χ0) is 13.0. The van der Waals surface area contributed by atoms with Crippen molar-refractivity contribution in [1.82, 2.24) is 0 Å². The fraction of sp³-hybridized carbons (Fsp3) is 0.600. The molecule has 0 spiro atoms. The van der Waals surface area contributed by atoms with Crippen LogP contribution in [0.1, 0.15) is 24.0 Å². The third-order valence-electron chi connectivity index (χ3n) is 3.74. The van der Waals surface area contributed by atoms with Crippen molar-refractivity contribution in [2.45, 2.75) is 25.1 Å². The first kappa shape index (κ1) is 13.9. The number of piperidine rings is 1. The molecular weight excluding hydrogens is 290 g/mol. The summed E-state index contributed by atoms with van der Waals surface area (Å²) in [5.74, 6) is 0.740. The second-order valence-corrected chi connectivity index (χ2v) is 5.71. The Morgan fingerprint density at radius 1 is 1.33 bits per heavy atom. The van der Waals surface area contributed by atoms with Crippen LogP contribution < -0.4 is 4.90 Å². The molecule has 18 heavy (non-hydrogen) atoms. The third-order valence-corrected chi connectivity index (χ3v) is 4.34. The zero-order valence-electron chi connectivity index (χ0n) is 11.3. The lowest BCUT2D eigenvalue weighted by Crippen LogP contribution is -2.35. The summed E-state index contributed by atoms with van der Waals surface area (Å²) in [4.78, 5) is 2.52. The first-order chi connectivity index (χ1) is 8.74. The van der Waals surface area contributed by atoms with Gasteiger partial charge in [-0.1, -0.05) is 33.6 Å². The number of aryl methyl sites for hydroxylation is 1. The second-order valence-electron chi connectivity index (χ2n) is 5.15. The Labute approximate surface area is 118 Å². The Morgan fingerprint density at radius 2 is 2.06 bits per heavy atom. The van der Waals surface area contributed by atoms with E-state index in [2.05, 4.69) is 46.0 Å². The fourth-order valence-electron chi connectivity index (χ4n) is 2.71. The molecule has 0 N–H and O–H groups in total. The predicted octanol–water partition coefficient (Wildman–Crippen LogP) is 3.75. The van der Waals surface area contributed by atoms with Crippen molar-refractivity contribution < 1.29 is 4.74 Å². The van der Waals surface area contributed by atoms with Crippen molar-refractivity contribution in [2.75, 3.05) is 31.7 Å². The van der Waals surface area contributed by atoms with Gasteiger partial charge in [-0.15, -0.1) is 0 Å². The summed E-state index contributed by atoms with van der Waals surface area (Å²) in [5, 5.41) is 0.933. The lowest BCUT2D eigenvalue weighted by molar-refractivity contribution is 0.139. The predicted molar refractivity (Wildman–Crippen MR) is 80.6 cm³/mol. The van der Waals surface area contributed by atoms with Crippen LogP contribution in [0.5, 0.6) is 0 Å². The van der Waals surface area contributed by atoms with Gasteiger partial charge in [-0.05, 0) is 37.3 Å². The van der Waals surface area contributed by atoms with Gasteiger partial charge in [-0.25, -0.2) is 0 Å². The smallest absolute Gasteiger partial charge is 0.0491 e. The maximum Gasteiger partial charge on any atom is 0.0491 e. The topological polar surface area (TPSA) is 12.5 Å². The minimum Gasteiger partial charge on any atom is -0.384 e. The van der Waals surface area contributed by atoms with Crippen molar-refractivity contribution in [3.63, 3.8) is 0 Å². The minimum atomic E-state index is 0.740. The van der Waals surface area contributed by atoms with E-state index < -0.39 is 0 Å². The number of rotatable bonds is 4. The normalized spacial score (nSPS) is 17.2. The molecule has 1 aliphatic rings. The van der Waals surface area contributed by atoms with Crippen LogP contribution in [-0.4, -0.2) is 26.8 Å². The standard InChI is InChI=1S/C15H22BrNO/c1-12-3-4-15(14(9-12)10-16)17-7-5-13(6-8-17)11-18-2/h3-4,9,13H,5-8,10-11H2,1-2H3. The molecular formula is C15H22BrNO. The highest BCUT2D eigenvalue weighted by molar-refractivity contribution is 9.08. The van der Waals surface area contributed by atoms with Crippen LogP contribution in [0.15, 0.2) is 18.2 Å². The highest BCUT2D eigenvalue weighted by Crippen LogP contribution is 2.28. The number of hydrogen-bond donors (Lipinski definition) is 0. The minimum absolute atomic E-state index is 0.740. The molecule has 0 bridgehead atoms. The molecule has 100 valence electrons. The van der Waals surface area contributed by atoms with E-state index in [9.17, 15) is 0 Å². The van der Waals surface area contributed by atoms with Crippen LogP contribution >= 0.6 is 15.9 Å². The van der Waals surface area contributed by atoms with Gasteiger partial charge in [0.15, 0.2) is 0 Å². The molecule has 1 fully saturated rings. The number of alkyl halides is 1. The third kappa shape index (κ3) is 3.27. The SMILES string of the molecule is COCC1CCN(c2ccc(C)cc2CBr)CC1. The summed E-state index contributed by atoms with van der Waals surface area (Å²) < 4.78 is 5.26. The van der Waals surface area contributed by atoms with Gasteiger partial charge in [0.2, 0.25) is 0 Å². The summed E-state index contributed by atoms with van der Waals surface area (Å²) in [6.45, 7) is 5.36. The molecule has 0 atom stereocenters. The van der Waals surface area contributed by atoms with E-state index in [-0.39, 0.29) is 0 Å². The van der Waals surface area contributed by atoms with E-state index in [0.29, 0.717) is 0 Å². The van der Waals surface area contributed by atoms with Gasteiger partial charge in [-0.2, -0.15) is 0 Å². The molecule has 0 amide bonds. The summed E-state index contributed by atoms with van der Waals surface area (Å²) in [6.07, 6.45) is 2.48. The lowest BCUT2D eigenvalue weighted by atomic mass is 9.96. The number of halogens is 1. The average molecular weight is 312 g/mol. The first-order valence-corrected chi connectivity index (χ1v) is 7.76. The van der Waals surface area contributed by atoms with E-state index in [0.717, 1.165) is 30.9 Å². The van der Waals surface area contributed by atoms with Gasteiger partial charge >= 0.3 is 0 Å². The molecule has 0 saturated carbocycles. The first-order valence-electron chi connectivity index (χ1n) is 6.64. The molecule has 0 aromatic heterocycles. The lowest BCUT2D eigenvalue weighted by Gasteiger charge is -2.34. The summed E-state index contributed by atoms with van der Waals surface area (Å²) >= 11 is 3.60. The van der Waals surface area contributed by atoms with Crippen LogP contribution in [0, 0.1) is 12.8 Å². The van der Waals surface area contributed by atoms with Gasteiger partial charge in [0, 0.05) is 37.8 Å². The number of ether oxygens (including phenoxy) is 1. The molecule has 0 unspecified atom stereocenters. The molecule has 1 aromatic carbocycles. The molecule has 1 aromatic rings. The number of anilines is 1. The monoisotopic (exact) mass is 311 g/mol. The fourth-order valence-corrected chi connectivity index (χ4v) is 3.16. The van der Waals surface area contributed by atoms with E-state index >= 15 is 0 Å². The van der Waals surface area contributed by atoms with Crippen molar-refractivity contribution >= 4 is 21.6 Å². The Bertz CT molecular complexity index is 386. The van der Waals surface area contributed by atoms with Gasteiger partial charge in [0.1, 0.15) is 0 Å². The average Bonchev–Trinajstić information content (AvgIpc) is 2.40. The van der Waals surface area contributed by atoms with Gasteiger partial charge in [-0.3, -0.25) is 0 Å². The summed E-state index contributed by atoms with van der Waals surface area (Å²) in [7, 11) is 1.80. The van der Waals surface area contributed by atoms with Crippen molar-refractivity contribution in [3.05, 3.63) is 29.3 Å². The van der Waals surface area contributed by atoms with E-state index in [1.807, 2.05) is 0 Å². The van der Waals surface area contributed by atoms with Gasteiger partial charge in [0.05, 0.1) is 0 Å². The summed E-state index contributed by atoms with van der Waals surface area (Å²) in [6, 6.07) is 6.76. The van der Waals surface area contributed by atoms with E-state index in [4.69, 9.17) is 4.74 Å². The zero-order valence-corrected chi connectivity index (χ0v) is 12.9. The van der Waals surface area contributed by atoms with Crippen molar-refractivity contribution in [1.29, 1.82) is 0 Å². The molecule has 1 aliphatic heterocycles. The van der Waals surface area contributed by atoms with Gasteiger partial charge < -0.3 is 9.64 Å². The number of nitrogens with zero attached hydrogens (tertiary/aromatic N) is 1. The second kappa shape index (κ2) is 6.58. The molecule has 1 saturated heterocycles. The Balaban J connectivity index is 2.05. The Morgan fingerprint density at radius 3 is 2.67 bits per heavy atom. The molecule has 2 rings (SSSR count). The molecule has 0 aliphatic carbocycles. The molecule has 3 heteroatoms. The van der Waals surface area contributed by atoms with Gasteiger partial charge in [0.25, 0.3) is 0 Å².